The Labute approximate surface area is 170 Å². The topological polar surface area (TPSA) is 63.6 Å². The molecule has 158 valence electrons. The molecule has 0 aliphatic carbocycles. The number of benzene rings is 1. The summed E-state index contributed by atoms with van der Waals surface area (Å²) in [5, 5.41) is 9.81. The van der Waals surface area contributed by atoms with Gasteiger partial charge in [-0.3, -0.25) is 9.59 Å². The summed E-state index contributed by atoms with van der Waals surface area (Å²) >= 11 is 0. The largest absolute Gasteiger partial charge is 0.481 e. The van der Waals surface area contributed by atoms with Gasteiger partial charge in [0.1, 0.15) is 6.61 Å². The smallest absolute Gasteiger partial charge is 0.312 e. The fourth-order valence-electron chi connectivity index (χ4n) is 3.22. The van der Waals surface area contributed by atoms with Crippen LogP contribution < -0.4 is 0 Å². The summed E-state index contributed by atoms with van der Waals surface area (Å²) in [5.74, 6) is -1.03. The summed E-state index contributed by atoms with van der Waals surface area (Å²) in [5.41, 5.74) is -0.345. The van der Waals surface area contributed by atoms with Crippen LogP contribution in [0.15, 0.2) is 30.3 Å². The number of carbonyl (C=O) groups is 2. The Hall–Kier alpha value is -1.84. The van der Waals surface area contributed by atoms with Crippen molar-refractivity contribution in [2.24, 2.45) is 16.2 Å². The molecular weight excluding hydrogens is 352 g/mol. The molecule has 1 aromatic rings. The minimum Gasteiger partial charge on any atom is -0.481 e. The van der Waals surface area contributed by atoms with E-state index in [4.69, 9.17) is 4.74 Å². The predicted octanol–water partition coefficient (Wildman–Crippen LogP) is 6.23. The van der Waals surface area contributed by atoms with Gasteiger partial charge >= 0.3 is 11.9 Å². The number of carbonyl (C=O) groups excluding carboxylic acids is 1. The second kappa shape index (κ2) is 10.1. The molecule has 0 aliphatic rings. The van der Waals surface area contributed by atoms with Crippen molar-refractivity contribution in [2.75, 3.05) is 0 Å². The fraction of sp³-hybridized carbons (Fsp3) is 0.667. The molecule has 0 spiro atoms. The number of carboxylic acids is 1. The lowest BCUT2D eigenvalue weighted by atomic mass is 9.73. The normalized spacial score (nSPS) is 16.1. The highest BCUT2D eigenvalue weighted by molar-refractivity contribution is 5.77. The van der Waals surface area contributed by atoms with Crippen molar-refractivity contribution >= 4 is 11.9 Å². The van der Waals surface area contributed by atoms with Crippen LogP contribution in [0.2, 0.25) is 0 Å². The van der Waals surface area contributed by atoms with E-state index in [-0.39, 0.29) is 18.0 Å². The van der Waals surface area contributed by atoms with Crippen LogP contribution in [0.3, 0.4) is 0 Å². The number of esters is 1. The van der Waals surface area contributed by atoms with Gasteiger partial charge in [-0.15, -0.1) is 0 Å². The minimum atomic E-state index is -0.818. The molecule has 0 radical (unpaired) electrons. The van der Waals surface area contributed by atoms with Crippen LogP contribution in [-0.4, -0.2) is 17.0 Å². The summed E-state index contributed by atoms with van der Waals surface area (Å²) in [4.78, 5) is 24.7. The Kier molecular flexibility index (Phi) is 8.72. The van der Waals surface area contributed by atoms with Crippen molar-refractivity contribution in [3.63, 3.8) is 0 Å². The predicted molar refractivity (Wildman–Crippen MR) is 113 cm³/mol. The summed E-state index contributed by atoms with van der Waals surface area (Å²) in [7, 11) is 0. The second-order valence-electron chi connectivity index (χ2n) is 9.76. The van der Waals surface area contributed by atoms with Crippen LogP contribution in [0.4, 0.5) is 0 Å². The Bertz CT molecular complexity index is 632. The van der Waals surface area contributed by atoms with E-state index in [0.29, 0.717) is 25.7 Å². The third-order valence-corrected chi connectivity index (χ3v) is 5.89. The van der Waals surface area contributed by atoms with E-state index in [1.165, 1.54) is 0 Å². The maximum Gasteiger partial charge on any atom is 0.312 e. The molecular formula is C24H38O4. The summed E-state index contributed by atoms with van der Waals surface area (Å²) in [6.45, 7) is 12.4. The lowest BCUT2D eigenvalue weighted by Crippen LogP contribution is -2.34. The standard InChI is InChI=1S/C24H38O4/c1-7-23(5,21(27)28-18-19-12-9-8-10-13-19)16-17-24(6,20(25)26)15-11-14-22(2,3)4/h8-10,12-13H,7,11,14-18H2,1-6H3,(H,25,26). The first-order valence-electron chi connectivity index (χ1n) is 10.4. The first-order valence-corrected chi connectivity index (χ1v) is 10.4. The van der Waals surface area contributed by atoms with Crippen molar-refractivity contribution in [1.82, 2.24) is 0 Å². The quantitative estimate of drug-likeness (QED) is 0.455. The molecule has 2 atom stereocenters. The van der Waals surface area contributed by atoms with E-state index in [9.17, 15) is 14.7 Å². The average Bonchev–Trinajstić information content (AvgIpc) is 2.63. The number of hydrogen-bond acceptors (Lipinski definition) is 3. The molecule has 0 saturated carbocycles. The first-order chi connectivity index (χ1) is 12.9. The molecule has 28 heavy (non-hydrogen) atoms. The third-order valence-electron chi connectivity index (χ3n) is 5.89. The maximum atomic E-state index is 12.7. The molecule has 0 heterocycles. The molecule has 0 amide bonds. The van der Waals surface area contributed by atoms with Gasteiger partial charge in [-0.1, -0.05) is 64.4 Å². The van der Waals surface area contributed by atoms with Crippen LogP contribution in [0, 0.1) is 16.2 Å². The Morgan fingerprint density at radius 2 is 1.46 bits per heavy atom. The average molecular weight is 391 g/mol. The van der Waals surface area contributed by atoms with Crippen molar-refractivity contribution < 1.29 is 19.4 Å². The number of aliphatic carboxylic acids is 1. The Balaban J connectivity index is 2.70. The first kappa shape index (κ1) is 24.2. The van der Waals surface area contributed by atoms with Gasteiger partial charge in [-0.25, -0.2) is 0 Å². The zero-order valence-corrected chi connectivity index (χ0v) is 18.5. The van der Waals surface area contributed by atoms with Gasteiger partial charge in [0.15, 0.2) is 0 Å². The highest BCUT2D eigenvalue weighted by Gasteiger charge is 2.39. The highest BCUT2D eigenvalue weighted by atomic mass is 16.5. The fourth-order valence-corrected chi connectivity index (χ4v) is 3.22. The third kappa shape index (κ3) is 7.65. The van der Waals surface area contributed by atoms with Gasteiger partial charge in [-0.05, 0) is 56.9 Å². The molecule has 4 heteroatoms. The lowest BCUT2D eigenvalue weighted by Gasteiger charge is -2.32. The molecule has 0 aliphatic heterocycles. The summed E-state index contributed by atoms with van der Waals surface area (Å²) in [6, 6.07) is 9.60. The van der Waals surface area contributed by atoms with Crippen LogP contribution >= 0.6 is 0 Å². The van der Waals surface area contributed by atoms with E-state index < -0.39 is 16.8 Å². The molecule has 1 aromatic carbocycles. The molecule has 0 fully saturated rings. The molecule has 0 saturated heterocycles. The van der Waals surface area contributed by atoms with Gasteiger partial charge in [0.25, 0.3) is 0 Å². The van der Waals surface area contributed by atoms with Gasteiger partial charge in [0.05, 0.1) is 10.8 Å². The summed E-state index contributed by atoms with van der Waals surface area (Å²) < 4.78 is 5.55. The zero-order valence-electron chi connectivity index (χ0n) is 18.5. The minimum absolute atomic E-state index is 0.193. The van der Waals surface area contributed by atoms with Crippen LogP contribution in [-0.2, 0) is 20.9 Å². The molecule has 2 unspecified atom stereocenters. The van der Waals surface area contributed by atoms with Crippen LogP contribution in [0.1, 0.15) is 85.6 Å². The molecule has 1 rings (SSSR count). The number of carboxylic acid groups (broad SMARTS) is 1. The van der Waals surface area contributed by atoms with Gasteiger partial charge < -0.3 is 9.84 Å². The van der Waals surface area contributed by atoms with Crippen molar-refractivity contribution in [3.8, 4) is 0 Å². The van der Waals surface area contributed by atoms with E-state index >= 15 is 0 Å². The summed E-state index contributed by atoms with van der Waals surface area (Å²) in [6.07, 6.45) is 4.08. The monoisotopic (exact) mass is 390 g/mol. The SMILES string of the molecule is CCC(C)(CCC(C)(CCCC(C)(C)C)C(=O)O)C(=O)OCc1ccccc1. The molecule has 1 N–H and O–H groups in total. The molecule has 4 nitrogen and oxygen atoms in total. The number of hydrogen-bond donors (Lipinski definition) is 1. The van der Waals surface area contributed by atoms with Crippen LogP contribution in [0.25, 0.3) is 0 Å². The number of ether oxygens (including phenoxy) is 1. The zero-order chi connectivity index (χ0) is 21.4. The van der Waals surface area contributed by atoms with Crippen LogP contribution in [0.5, 0.6) is 0 Å². The molecule has 0 bridgehead atoms. The van der Waals surface area contributed by atoms with Crippen molar-refractivity contribution in [3.05, 3.63) is 35.9 Å². The Morgan fingerprint density at radius 3 is 1.96 bits per heavy atom. The number of rotatable bonds is 11. The van der Waals surface area contributed by atoms with E-state index in [0.717, 1.165) is 18.4 Å². The van der Waals surface area contributed by atoms with Crippen molar-refractivity contribution in [1.29, 1.82) is 0 Å². The van der Waals surface area contributed by atoms with Gasteiger partial charge in [0.2, 0.25) is 0 Å². The molecule has 0 aromatic heterocycles. The van der Waals surface area contributed by atoms with Crippen molar-refractivity contribution in [2.45, 2.75) is 86.7 Å². The van der Waals surface area contributed by atoms with E-state index in [1.54, 1.807) is 0 Å². The Morgan fingerprint density at radius 1 is 0.893 bits per heavy atom. The van der Waals surface area contributed by atoms with Gasteiger partial charge in [-0.2, -0.15) is 0 Å². The van der Waals surface area contributed by atoms with Gasteiger partial charge in [0, 0.05) is 0 Å². The highest BCUT2D eigenvalue weighted by Crippen LogP contribution is 2.39. The lowest BCUT2D eigenvalue weighted by molar-refractivity contribution is -0.159. The maximum absolute atomic E-state index is 12.7. The second-order valence-corrected chi connectivity index (χ2v) is 9.76. The van der Waals surface area contributed by atoms with E-state index in [2.05, 4.69) is 20.8 Å². The van der Waals surface area contributed by atoms with E-state index in [1.807, 2.05) is 51.1 Å².